The number of hydrogen-bond acceptors (Lipinski definition) is 2. The summed E-state index contributed by atoms with van der Waals surface area (Å²) in [5.41, 5.74) is 1.74. The molecule has 2 aromatic rings. The van der Waals surface area contributed by atoms with Gasteiger partial charge in [0.1, 0.15) is 11.5 Å². The summed E-state index contributed by atoms with van der Waals surface area (Å²) in [6.45, 7) is 7.33. The highest BCUT2D eigenvalue weighted by Gasteiger charge is 2.25. The lowest BCUT2D eigenvalue weighted by Crippen LogP contribution is -2.46. The number of amides is 2. The van der Waals surface area contributed by atoms with Crippen LogP contribution < -0.4 is 0 Å². The van der Waals surface area contributed by atoms with Gasteiger partial charge in [-0.05, 0) is 38.0 Å². The largest absolute Gasteiger partial charge is 0.325 e. The fraction of sp³-hybridized carbons (Fsp3) is 0.368. The van der Waals surface area contributed by atoms with Crippen LogP contribution in [0.3, 0.4) is 0 Å². The van der Waals surface area contributed by atoms with Gasteiger partial charge in [-0.15, -0.1) is 0 Å². The molecule has 0 fully saturated rings. The molecule has 1 aromatic carbocycles. The van der Waals surface area contributed by atoms with Gasteiger partial charge in [0.2, 0.25) is 0 Å². The summed E-state index contributed by atoms with van der Waals surface area (Å²) in [6.07, 6.45) is 1.78. The van der Waals surface area contributed by atoms with Crippen molar-refractivity contribution in [2.24, 2.45) is 0 Å². The van der Waals surface area contributed by atoms with E-state index in [-0.39, 0.29) is 6.03 Å². The van der Waals surface area contributed by atoms with E-state index in [4.69, 9.17) is 11.6 Å². The zero-order valence-electron chi connectivity index (χ0n) is 14.5. The van der Waals surface area contributed by atoms with Crippen molar-refractivity contribution in [2.75, 3.05) is 19.6 Å². The first-order valence-corrected chi connectivity index (χ1v) is 8.86. The van der Waals surface area contributed by atoms with Gasteiger partial charge in [0.05, 0.1) is 12.7 Å². The number of aromatic nitrogens is 2. The summed E-state index contributed by atoms with van der Waals surface area (Å²) in [6, 6.07) is 7.55. The third-order valence-electron chi connectivity index (χ3n) is 4.33. The quantitative estimate of drug-likeness (QED) is 0.775. The average molecular weight is 357 g/mol. The summed E-state index contributed by atoms with van der Waals surface area (Å²) >= 11 is 5.99. The van der Waals surface area contributed by atoms with E-state index >= 15 is 0 Å². The van der Waals surface area contributed by atoms with E-state index < -0.39 is 0 Å². The molecule has 2 amide bonds. The first-order chi connectivity index (χ1) is 12.1. The van der Waals surface area contributed by atoms with Crippen molar-refractivity contribution in [1.29, 1.82) is 0 Å². The number of nitrogens with zero attached hydrogens (tertiary/aromatic N) is 4. The van der Waals surface area contributed by atoms with Gasteiger partial charge in [-0.2, -0.15) is 0 Å². The molecule has 0 N–H and O–H groups in total. The van der Waals surface area contributed by atoms with Crippen molar-refractivity contribution in [2.45, 2.75) is 26.9 Å². The highest BCUT2D eigenvalue weighted by molar-refractivity contribution is 6.30. The SMILES string of the molecule is CCN(CC)C(=O)N1CCn2c(C#Cc3cccc(Cl)c3)cnc2C1. The summed E-state index contributed by atoms with van der Waals surface area (Å²) in [7, 11) is 0. The zero-order chi connectivity index (χ0) is 17.8. The molecule has 1 aromatic heterocycles. The number of imidazole rings is 1. The zero-order valence-corrected chi connectivity index (χ0v) is 15.3. The standard InChI is InChI=1S/C19H21ClN4O/c1-3-22(4-2)19(25)23-10-11-24-17(13-21-18(24)14-23)9-8-15-6-5-7-16(20)12-15/h5-7,12-13H,3-4,10-11,14H2,1-2H3. The van der Waals surface area contributed by atoms with Crippen molar-refractivity contribution < 1.29 is 4.79 Å². The van der Waals surface area contributed by atoms with Crippen molar-refractivity contribution in [3.8, 4) is 11.8 Å². The van der Waals surface area contributed by atoms with Crippen LogP contribution in [0.5, 0.6) is 0 Å². The minimum absolute atomic E-state index is 0.0748. The second-order valence-corrected chi connectivity index (χ2v) is 6.28. The molecule has 25 heavy (non-hydrogen) atoms. The van der Waals surface area contributed by atoms with Crippen molar-refractivity contribution >= 4 is 17.6 Å². The van der Waals surface area contributed by atoms with E-state index in [0.717, 1.165) is 30.2 Å². The highest BCUT2D eigenvalue weighted by Crippen LogP contribution is 2.16. The van der Waals surface area contributed by atoms with Gasteiger partial charge < -0.3 is 14.4 Å². The molecular weight excluding hydrogens is 336 g/mol. The number of carbonyl (C=O) groups is 1. The highest BCUT2D eigenvalue weighted by atomic mass is 35.5. The molecular formula is C19H21ClN4O. The minimum atomic E-state index is 0.0748. The first kappa shape index (κ1) is 17.4. The van der Waals surface area contributed by atoms with Crippen LogP contribution in [0.2, 0.25) is 5.02 Å². The lowest BCUT2D eigenvalue weighted by molar-refractivity contribution is 0.144. The van der Waals surface area contributed by atoms with Crippen molar-refractivity contribution in [3.05, 3.63) is 52.6 Å². The third-order valence-corrected chi connectivity index (χ3v) is 4.56. The maximum Gasteiger partial charge on any atom is 0.320 e. The number of hydrogen-bond donors (Lipinski definition) is 0. The van der Waals surface area contributed by atoms with Crippen LogP contribution in [0, 0.1) is 11.8 Å². The Balaban J connectivity index is 1.76. The van der Waals surface area contributed by atoms with Crippen LogP contribution in [0.4, 0.5) is 4.79 Å². The van der Waals surface area contributed by atoms with Crippen LogP contribution in [0.25, 0.3) is 0 Å². The monoisotopic (exact) mass is 356 g/mol. The molecule has 0 aliphatic carbocycles. The number of fused-ring (bicyclic) bond motifs is 1. The molecule has 2 heterocycles. The van der Waals surface area contributed by atoms with Gasteiger partial charge in [0.25, 0.3) is 0 Å². The van der Waals surface area contributed by atoms with Crippen LogP contribution in [0.15, 0.2) is 30.5 Å². The van der Waals surface area contributed by atoms with Crippen LogP contribution in [-0.4, -0.2) is 45.0 Å². The average Bonchev–Trinajstić information content (AvgIpc) is 3.03. The lowest BCUT2D eigenvalue weighted by atomic mass is 10.2. The molecule has 6 heteroatoms. The van der Waals surface area contributed by atoms with Gasteiger partial charge in [0.15, 0.2) is 0 Å². The van der Waals surface area contributed by atoms with E-state index in [1.807, 2.05) is 47.9 Å². The van der Waals surface area contributed by atoms with Crippen LogP contribution in [-0.2, 0) is 13.1 Å². The van der Waals surface area contributed by atoms with Crippen molar-refractivity contribution in [3.63, 3.8) is 0 Å². The Hall–Kier alpha value is -2.45. The molecule has 3 rings (SSSR count). The number of benzene rings is 1. The predicted molar refractivity (Wildman–Crippen MR) is 98.4 cm³/mol. The van der Waals surface area contributed by atoms with Crippen molar-refractivity contribution in [1.82, 2.24) is 19.4 Å². The van der Waals surface area contributed by atoms with E-state index in [1.54, 1.807) is 6.20 Å². The lowest BCUT2D eigenvalue weighted by Gasteiger charge is -2.32. The molecule has 0 spiro atoms. The van der Waals surface area contributed by atoms with E-state index in [2.05, 4.69) is 21.4 Å². The topological polar surface area (TPSA) is 41.4 Å². The van der Waals surface area contributed by atoms with E-state index in [1.165, 1.54) is 0 Å². The molecule has 5 nitrogen and oxygen atoms in total. The predicted octanol–water partition coefficient (Wildman–Crippen LogP) is 3.21. The molecule has 1 aliphatic rings. The van der Waals surface area contributed by atoms with Crippen LogP contribution in [0.1, 0.15) is 30.9 Å². The third kappa shape index (κ3) is 3.80. The van der Waals surface area contributed by atoms with E-state index in [9.17, 15) is 4.79 Å². The molecule has 0 saturated carbocycles. The number of halogens is 1. The number of urea groups is 1. The van der Waals surface area contributed by atoms with Gasteiger partial charge in [-0.3, -0.25) is 0 Å². The molecule has 0 unspecified atom stereocenters. The molecule has 0 bridgehead atoms. The molecule has 0 saturated heterocycles. The molecule has 1 aliphatic heterocycles. The summed E-state index contributed by atoms with van der Waals surface area (Å²) in [5, 5.41) is 0.674. The molecule has 0 radical (unpaired) electrons. The summed E-state index contributed by atoms with van der Waals surface area (Å²) in [5.74, 6) is 7.16. The number of carbonyl (C=O) groups excluding carboxylic acids is 1. The summed E-state index contributed by atoms with van der Waals surface area (Å²) in [4.78, 5) is 20.6. The molecule has 0 atom stereocenters. The maximum absolute atomic E-state index is 12.5. The van der Waals surface area contributed by atoms with Gasteiger partial charge in [-0.25, -0.2) is 9.78 Å². The Labute approximate surface area is 153 Å². The number of rotatable bonds is 2. The summed E-state index contributed by atoms with van der Waals surface area (Å²) < 4.78 is 2.09. The fourth-order valence-electron chi connectivity index (χ4n) is 2.92. The van der Waals surface area contributed by atoms with Crippen LogP contribution >= 0.6 is 11.6 Å². The fourth-order valence-corrected chi connectivity index (χ4v) is 3.11. The van der Waals surface area contributed by atoms with Gasteiger partial charge in [0, 0.05) is 36.8 Å². The minimum Gasteiger partial charge on any atom is -0.325 e. The second-order valence-electron chi connectivity index (χ2n) is 5.85. The Kier molecular flexibility index (Phi) is 5.30. The Morgan fingerprint density at radius 1 is 1.28 bits per heavy atom. The smallest absolute Gasteiger partial charge is 0.320 e. The van der Waals surface area contributed by atoms with Gasteiger partial charge >= 0.3 is 6.03 Å². The Morgan fingerprint density at radius 3 is 2.80 bits per heavy atom. The Bertz CT molecular complexity index is 829. The second kappa shape index (κ2) is 7.62. The van der Waals surface area contributed by atoms with E-state index in [0.29, 0.717) is 24.7 Å². The first-order valence-electron chi connectivity index (χ1n) is 8.48. The normalized spacial score (nSPS) is 13.0. The molecule has 130 valence electrons. The van der Waals surface area contributed by atoms with Gasteiger partial charge in [-0.1, -0.05) is 23.6 Å². The maximum atomic E-state index is 12.5. The Morgan fingerprint density at radius 2 is 2.08 bits per heavy atom.